The van der Waals surface area contributed by atoms with Crippen molar-refractivity contribution in [2.24, 2.45) is 0 Å². The summed E-state index contributed by atoms with van der Waals surface area (Å²) in [5.74, 6) is 0.385. The van der Waals surface area contributed by atoms with Crippen molar-refractivity contribution in [3.8, 4) is 0 Å². The molecule has 1 aromatic heterocycles. The first-order chi connectivity index (χ1) is 10.5. The fraction of sp³-hybridized carbons (Fsp3) is 0.375. The maximum absolute atomic E-state index is 12.8. The summed E-state index contributed by atoms with van der Waals surface area (Å²) in [7, 11) is -3.47. The van der Waals surface area contributed by atoms with Gasteiger partial charge in [-0.15, -0.1) is 0 Å². The minimum Gasteiger partial charge on any atom is -0.244 e. The number of fused-ring (bicyclic) bond motifs is 1. The summed E-state index contributed by atoms with van der Waals surface area (Å²) in [6, 6.07) is 7.17. The summed E-state index contributed by atoms with van der Waals surface area (Å²) in [6.07, 6.45) is 3.83. The fourth-order valence-electron chi connectivity index (χ4n) is 2.62. The van der Waals surface area contributed by atoms with Gasteiger partial charge in [-0.05, 0) is 23.6 Å². The molecule has 116 valence electrons. The molecular formula is C16H19N3O2S. The Hall–Kier alpha value is -1.79. The van der Waals surface area contributed by atoms with Gasteiger partial charge in [0.05, 0.1) is 4.90 Å². The number of aromatic nitrogens is 2. The van der Waals surface area contributed by atoms with Crippen LogP contribution in [0.1, 0.15) is 36.6 Å². The van der Waals surface area contributed by atoms with E-state index in [-0.39, 0.29) is 0 Å². The Morgan fingerprint density at radius 1 is 1.18 bits per heavy atom. The van der Waals surface area contributed by atoms with Crippen LogP contribution >= 0.6 is 0 Å². The van der Waals surface area contributed by atoms with Crippen LogP contribution in [0.5, 0.6) is 0 Å². The van der Waals surface area contributed by atoms with E-state index in [0.717, 1.165) is 16.8 Å². The van der Waals surface area contributed by atoms with Crippen molar-refractivity contribution in [1.29, 1.82) is 0 Å². The second-order valence-electron chi connectivity index (χ2n) is 5.81. The average molecular weight is 317 g/mol. The largest absolute Gasteiger partial charge is 0.244 e. The minimum absolute atomic E-state index is 0.338. The lowest BCUT2D eigenvalue weighted by atomic mass is 10.0. The van der Waals surface area contributed by atoms with Crippen molar-refractivity contribution in [2.75, 3.05) is 6.54 Å². The van der Waals surface area contributed by atoms with Gasteiger partial charge < -0.3 is 0 Å². The first-order valence-electron chi connectivity index (χ1n) is 7.36. The van der Waals surface area contributed by atoms with Crippen molar-refractivity contribution in [2.45, 2.75) is 37.6 Å². The maximum atomic E-state index is 12.8. The Morgan fingerprint density at radius 2 is 1.91 bits per heavy atom. The predicted molar refractivity (Wildman–Crippen MR) is 83.9 cm³/mol. The zero-order valence-electron chi connectivity index (χ0n) is 12.7. The van der Waals surface area contributed by atoms with Crippen LogP contribution in [0, 0.1) is 0 Å². The number of sulfonamides is 1. The van der Waals surface area contributed by atoms with Crippen LogP contribution in [0.3, 0.4) is 0 Å². The number of rotatable bonds is 3. The summed E-state index contributed by atoms with van der Waals surface area (Å²) < 4.78 is 27.0. The van der Waals surface area contributed by atoms with Crippen LogP contribution in [-0.4, -0.2) is 29.2 Å². The Bertz CT molecular complexity index is 770. The van der Waals surface area contributed by atoms with Crippen molar-refractivity contribution in [3.05, 3.63) is 53.6 Å². The lowest BCUT2D eigenvalue weighted by Gasteiger charge is -2.27. The van der Waals surface area contributed by atoms with Crippen molar-refractivity contribution >= 4 is 10.0 Å². The van der Waals surface area contributed by atoms with E-state index in [4.69, 9.17) is 0 Å². The summed E-state index contributed by atoms with van der Waals surface area (Å²) in [5.41, 5.74) is 2.96. The fourth-order valence-corrected chi connectivity index (χ4v) is 4.04. The molecule has 22 heavy (non-hydrogen) atoms. The highest BCUT2D eigenvalue weighted by Crippen LogP contribution is 2.24. The van der Waals surface area contributed by atoms with Crippen LogP contribution in [-0.2, 0) is 23.0 Å². The molecule has 0 amide bonds. The van der Waals surface area contributed by atoms with Gasteiger partial charge >= 0.3 is 0 Å². The van der Waals surface area contributed by atoms with E-state index in [9.17, 15) is 8.42 Å². The van der Waals surface area contributed by atoms with E-state index in [1.165, 1.54) is 10.6 Å². The molecule has 1 aromatic carbocycles. The molecule has 0 atom stereocenters. The maximum Gasteiger partial charge on any atom is 0.243 e. The van der Waals surface area contributed by atoms with Crippen LogP contribution in [0.2, 0.25) is 0 Å². The number of nitrogens with zero attached hydrogens (tertiary/aromatic N) is 3. The zero-order valence-corrected chi connectivity index (χ0v) is 13.5. The molecule has 0 aliphatic carbocycles. The molecule has 0 bridgehead atoms. The molecule has 0 unspecified atom stereocenters. The van der Waals surface area contributed by atoms with Gasteiger partial charge in [-0.2, -0.15) is 4.31 Å². The summed E-state index contributed by atoms with van der Waals surface area (Å²) >= 11 is 0. The van der Waals surface area contributed by atoms with Gasteiger partial charge in [0.2, 0.25) is 10.0 Å². The summed E-state index contributed by atoms with van der Waals surface area (Å²) in [5, 5.41) is 0. The minimum atomic E-state index is -3.47. The van der Waals surface area contributed by atoms with E-state index >= 15 is 0 Å². The topological polar surface area (TPSA) is 63.2 Å². The highest BCUT2D eigenvalue weighted by atomic mass is 32.2. The Kier molecular flexibility index (Phi) is 3.97. The van der Waals surface area contributed by atoms with Crippen LogP contribution in [0.25, 0.3) is 0 Å². The quantitative estimate of drug-likeness (QED) is 0.872. The molecular weight excluding hydrogens is 298 g/mol. The molecule has 2 heterocycles. The van der Waals surface area contributed by atoms with E-state index in [1.807, 2.05) is 12.1 Å². The normalized spacial score (nSPS) is 15.8. The Morgan fingerprint density at radius 3 is 2.59 bits per heavy atom. The molecule has 0 saturated heterocycles. The molecule has 6 heteroatoms. The first kappa shape index (κ1) is 15.1. The number of benzene rings is 1. The second kappa shape index (κ2) is 5.78. The van der Waals surface area contributed by atoms with Crippen LogP contribution < -0.4 is 0 Å². The van der Waals surface area contributed by atoms with E-state index in [0.29, 0.717) is 30.3 Å². The molecule has 0 radical (unpaired) electrons. The number of hydrogen-bond donors (Lipinski definition) is 0. The molecule has 0 saturated carbocycles. The zero-order chi connectivity index (χ0) is 15.7. The van der Waals surface area contributed by atoms with Gasteiger partial charge in [-0.3, -0.25) is 0 Å². The van der Waals surface area contributed by atoms with Gasteiger partial charge in [0.25, 0.3) is 0 Å². The van der Waals surface area contributed by atoms with Crippen molar-refractivity contribution < 1.29 is 8.42 Å². The lowest BCUT2D eigenvalue weighted by Crippen LogP contribution is -2.36. The van der Waals surface area contributed by atoms with Crippen molar-refractivity contribution in [3.63, 3.8) is 0 Å². The molecule has 2 aromatic rings. The molecule has 0 spiro atoms. The van der Waals surface area contributed by atoms with Crippen molar-refractivity contribution in [1.82, 2.24) is 14.3 Å². The van der Waals surface area contributed by atoms with E-state index in [1.54, 1.807) is 18.3 Å². The molecule has 3 rings (SSSR count). The predicted octanol–water partition coefficient (Wildman–Crippen LogP) is 2.35. The second-order valence-corrected chi connectivity index (χ2v) is 7.74. The molecule has 5 nitrogen and oxygen atoms in total. The SMILES string of the molecule is CC(C)c1ccc(S(=O)(=O)N2CCc3ncncc3C2)cc1. The van der Waals surface area contributed by atoms with Gasteiger partial charge in [0.1, 0.15) is 6.33 Å². The van der Waals surface area contributed by atoms with Gasteiger partial charge in [-0.25, -0.2) is 18.4 Å². The lowest BCUT2D eigenvalue weighted by molar-refractivity contribution is 0.386. The van der Waals surface area contributed by atoms with E-state index in [2.05, 4.69) is 23.8 Å². The van der Waals surface area contributed by atoms with Crippen LogP contribution in [0.15, 0.2) is 41.7 Å². The summed E-state index contributed by atoms with van der Waals surface area (Å²) in [6.45, 7) is 4.97. The molecule has 1 aliphatic rings. The van der Waals surface area contributed by atoms with E-state index < -0.39 is 10.0 Å². The molecule has 0 fully saturated rings. The smallest absolute Gasteiger partial charge is 0.243 e. The number of hydrogen-bond acceptors (Lipinski definition) is 4. The van der Waals surface area contributed by atoms with Gasteiger partial charge in [0, 0.05) is 37.0 Å². The third-order valence-corrected chi connectivity index (χ3v) is 5.87. The molecule has 1 aliphatic heterocycles. The highest BCUT2D eigenvalue weighted by Gasteiger charge is 2.28. The first-order valence-corrected chi connectivity index (χ1v) is 8.80. The van der Waals surface area contributed by atoms with Gasteiger partial charge in [-0.1, -0.05) is 26.0 Å². The van der Waals surface area contributed by atoms with Gasteiger partial charge in [0.15, 0.2) is 0 Å². The Labute approximate surface area is 131 Å². The molecule has 0 N–H and O–H groups in total. The Balaban J connectivity index is 1.88. The monoisotopic (exact) mass is 317 g/mol. The highest BCUT2D eigenvalue weighted by molar-refractivity contribution is 7.89. The third-order valence-electron chi connectivity index (χ3n) is 4.01. The summed E-state index contributed by atoms with van der Waals surface area (Å²) in [4.78, 5) is 8.54. The average Bonchev–Trinajstić information content (AvgIpc) is 2.54. The van der Waals surface area contributed by atoms with Crippen LogP contribution in [0.4, 0.5) is 0 Å². The standard InChI is InChI=1S/C16H19N3O2S/c1-12(2)13-3-5-15(6-4-13)22(20,21)19-8-7-16-14(10-19)9-17-11-18-16/h3-6,9,11-12H,7-8,10H2,1-2H3. The third kappa shape index (κ3) is 2.76.